The van der Waals surface area contributed by atoms with Gasteiger partial charge in [-0.2, -0.15) is 0 Å². The third kappa shape index (κ3) is 3.27. The van der Waals surface area contributed by atoms with E-state index in [-0.39, 0.29) is 0 Å². The number of pyridine rings is 1. The summed E-state index contributed by atoms with van der Waals surface area (Å²) in [5.41, 5.74) is 7.81. The number of aromatic nitrogens is 1. The molecule has 1 aromatic carbocycles. The molecule has 0 saturated heterocycles. The van der Waals surface area contributed by atoms with Crippen molar-refractivity contribution in [1.29, 1.82) is 0 Å². The zero-order valence-electron chi connectivity index (χ0n) is 11.9. The summed E-state index contributed by atoms with van der Waals surface area (Å²) in [6.07, 6.45) is 3.40. The van der Waals surface area contributed by atoms with Gasteiger partial charge in [-0.1, -0.05) is 19.1 Å². The van der Waals surface area contributed by atoms with Crippen LogP contribution in [0.25, 0.3) is 0 Å². The second-order valence-corrected chi connectivity index (χ2v) is 4.45. The van der Waals surface area contributed by atoms with E-state index in [0.29, 0.717) is 23.9 Å². The molecule has 2 rings (SSSR count). The number of hydrogen-bond acceptors (Lipinski definition) is 4. The van der Waals surface area contributed by atoms with Crippen molar-refractivity contribution in [3.05, 3.63) is 47.7 Å². The van der Waals surface area contributed by atoms with E-state index in [1.165, 1.54) is 5.56 Å². The quantitative estimate of drug-likeness (QED) is 0.878. The van der Waals surface area contributed by atoms with Crippen LogP contribution in [0.5, 0.6) is 17.4 Å². The maximum absolute atomic E-state index is 5.89. The van der Waals surface area contributed by atoms with Gasteiger partial charge in [0.25, 0.3) is 0 Å². The fourth-order valence-electron chi connectivity index (χ4n) is 1.98. The zero-order chi connectivity index (χ0) is 14.4. The molecule has 0 bridgehead atoms. The van der Waals surface area contributed by atoms with Crippen LogP contribution >= 0.6 is 0 Å². The van der Waals surface area contributed by atoms with Crippen LogP contribution in [0, 0.1) is 0 Å². The molecule has 1 heterocycles. The molecule has 20 heavy (non-hydrogen) atoms. The van der Waals surface area contributed by atoms with Crippen molar-refractivity contribution in [2.24, 2.45) is 5.73 Å². The molecule has 0 radical (unpaired) electrons. The van der Waals surface area contributed by atoms with Crippen molar-refractivity contribution in [1.82, 2.24) is 4.98 Å². The van der Waals surface area contributed by atoms with E-state index in [0.717, 1.165) is 18.4 Å². The van der Waals surface area contributed by atoms with Gasteiger partial charge in [-0.05, 0) is 43.1 Å². The van der Waals surface area contributed by atoms with Crippen molar-refractivity contribution in [3.63, 3.8) is 0 Å². The molecule has 4 nitrogen and oxygen atoms in total. The van der Waals surface area contributed by atoms with Crippen LogP contribution in [0.15, 0.2) is 36.5 Å². The Labute approximate surface area is 119 Å². The summed E-state index contributed by atoms with van der Waals surface area (Å²) in [4.78, 5) is 4.28. The standard InChI is InChI=1S/C16H20N2O2/c1-3-12-6-7-14(15(11-12)19-2)20-16-13(8-9-17)5-4-10-18-16/h4-7,10-11H,3,8-9,17H2,1-2H3. The van der Waals surface area contributed by atoms with Gasteiger partial charge in [0.05, 0.1) is 7.11 Å². The van der Waals surface area contributed by atoms with Crippen LogP contribution in [0.3, 0.4) is 0 Å². The minimum absolute atomic E-state index is 0.563. The predicted molar refractivity (Wildman–Crippen MR) is 79.4 cm³/mol. The SMILES string of the molecule is CCc1ccc(Oc2ncccc2CCN)c(OC)c1. The van der Waals surface area contributed by atoms with Gasteiger partial charge in [0.1, 0.15) is 0 Å². The van der Waals surface area contributed by atoms with E-state index in [2.05, 4.69) is 11.9 Å². The summed E-state index contributed by atoms with van der Waals surface area (Å²) in [5.74, 6) is 1.97. The van der Waals surface area contributed by atoms with Gasteiger partial charge >= 0.3 is 0 Å². The van der Waals surface area contributed by atoms with E-state index >= 15 is 0 Å². The lowest BCUT2D eigenvalue weighted by Crippen LogP contribution is -2.05. The first kappa shape index (κ1) is 14.3. The van der Waals surface area contributed by atoms with Gasteiger partial charge in [0.2, 0.25) is 5.88 Å². The van der Waals surface area contributed by atoms with Crippen molar-refractivity contribution in [2.45, 2.75) is 19.8 Å². The van der Waals surface area contributed by atoms with Gasteiger partial charge < -0.3 is 15.2 Å². The number of hydrogen-bond donors (Lipinski definition) is 1. The van der Waals surface area contributed by atoms with Crippen molar-refractivity contribution >= 4 is 0 Å². The Balaban J connectivity index is 2.30. The van der Waals surface area contributed by atoms with Crippen molar-refractivity contribution in [3.8, 4) is 17.4 Å². The molecule has 0 amide bonds. The summed E-state index contributed by atoms with van der Waals surface area (Å²) < 4.78 is 11.3. The van der Waals surface area contributed by atoms with E-state index in [4.69, 9.17) is 15.2 Å². The summed E-state index contributed by atoms with van der Waals surface area (Å²) in [5, 5.41) is 0. The van der Waals surface area contributed by atoms with Crippen LogP contribution in [0.4, 0.5) is 0 Å². The average Bonchev–Trinajstić information content (AvgIpc) is 2.50. The molecule has 106 valence electrons. The average molecular weight is 272 g/mol. The normalized spacial score (nSPS) is 10.3. The highest BCUT2D eigenvalue weighted by molar-refractivity contribution is 5.45. The van der Waals surface area contributed by atoms with Crippen LogP contribution < -0.4 is 15.2 Å². The van der Waals surface area contributed by atoms with E-state index in [1.807, 2.05) is 30.3 Å². The molecule has 4 heteroatoms. The third-order valence-corrected chi connectivity index (χ3v) is 3.11. The lowest BCUT2D eigenvalue weighted by Gasteiger charge is -2.13. The van der Waals surface area contributed by atoms with Gasteiger partial charge in [-0.15, -0.1) is 0 Å². The first-order valence-electron chi connectivity index (χ1n) is 6.77. The van der Waals surface area contributed by atoms with Crippen LogP contribution in [0.1, 0.15) is 18.1 Å². The smallest absolute Gasteiger partial charge is 0.222 e. The fourth-order valence-corrected chi connectivity index (χ4v) is 1.98. The maximum atomic E-state index is 5.89. The second kappa shape index (κ2) is 6.91. The van der Waals surface area contributed by atoms with Crippen molar-refractivity contribution < 1.29 is 9.47 Å². The van der Waals surface area contributed by atoms with E-state index in [1.54, 1.807) is 13.3 Å². The van der Waals surface area contributed by atoms with Gasteiger partial charge in [0, 0.05) is 11.8 Å². The molecule has 0 aliphatic carbocycles. The van der Waals surface area contributed by atoms with E-state index in [9.17, 15) is 0 Å². The molecule has 0 spiro atoms. The zero-order valence-corrected chi connectivity index (χ0v) is 11.9. The Morgan fingerprint density at radius 2 is 2.05 bits per heavy atom. The number of nitrogens with zero attached hydrogens (tertiary/aromatic N) is 1. The highest BCUT2D eigenvalue weighted by Crippen LogP contribution is 2.32. The monoisotopic (exact) mass is 272 g/mol. The minimum atomic E-state index is 0.563. The molecule has 2 N–H and O–H groups in total. The van der Waals surface area contributed by atoms with Crippen LogP contribution in [-0.2, 0) is 12.8 Å². The number of nitrogens with two attached hydrogens (primary N) is 1. The molecule has 0 atom stereocenters. The summed E-state index contributed by atoms with van der Waals surface area (Å²) >= 11 is 0. The highest BCUT2D eigenvalue weighted by atomic mass is 16.5. The largest absolute Gasteiger partial charge is 0.493 e. The molecule has 0 aliphatic heterocycles. The van der Waals surface area contributed by atoms with E-state index < -0.39 is 0 Å². The minimum Gasteiger partial charge on any atom is -0.493 e. The molecular weight excluding hydrogens is 252 g/mol. The highest BCUT2D eigenvalue weighted by Gasteiger charge is 2.10. The molecule has 1 aromatic heterocycles. The number of ether oxygens (including phenoxy) is 2. The molecule has 0 saturated carbocycles. The first-order valence-corrected chi connectivity index (χ1v) is 6.77. The third-order valence-electron chi connectivity index (χ3n) is 3.11. The number of methoxy groups -OCH3 is 1. The summed E-state index contributed by atoms with van der Waals surface area (Å²) in [7, 11) is 1.64. The molecule has 0 aliphatic rings. The molecular formula is C16H20N2O2. The predicted octanol–water partition coefficient (Wildman–Crippen LogP) is 2.95. The number of rotatable bonds is 6. The van der Waals surface area contributed by atoms with Gasteiger partial charge in [0.15, 0.2) is 11.5 Å². The Morgan fingerprint density at radius 1 is 1.20 bits per heavy atom. The Morgan fingerprint density at radius 3 is 2.75 bits per heavy atom. The lowest BCUT2D eigenvalue weighted by molar-refractivity contribution is 0.372. The number of benzene rings is 1. The van der Waals surface area contributed by atoms with Crippen LogP contribution in [-0.4, -0.2) is 18.6 Å². The topological polar surface area (TPSA) is 57.4 Å². The number of aryl methyl sites for hydroxylation is 1. The van der Waals surface area contributed by atoms with Gasteiger partial charge in [-0.3, -0.25) is 0 Å². The van der Waals surface area contributed by atoms with Crippen LogP contribution in [0.2, 0.25) is 0 Å². The lowest BCUT2D eigenvalue weighted by atomic mass is 10.1. The Hall–Kier alpha value is -2.07. The molecule has 0 unspecified atom stereocenters. The van der Waals surface area contributed by atoms with Crippen molar-refractivity contribution in [2.75, 3.05) is 13.7 Å². The Kier molecular flexibility index (Phi) is 4.96. The fraction of sp³-hybridized carbons (Fsp3) is 0.312. The maximum Gasteiger partial charge on any atom is 0.222 e. The summed E-state index contributed by atoms with van der Waals surface area (Å²) in [6.45, 7) is 2.67. The molecule has 0 fully saturated rings. The van der Waals surface area contributed by atoms with Gasteiger partial charge in [-0.25, -0.2) is 4.98 Å². The molecule has 2 aromatic rings. The first-order chi connectivity index (χ1) is 9.78. The Bertz CT molecular complexity index is 570. The summed E-state index contributed by atoms with van der Waals surface area (Å²) in [6, 6.07) is 9.79. The second-order valence-electron chi connectivity index (χ2n) is 4.45.